The van der Waals surface area contributed by atoms with Gasteiger partial charge in [0.1, 0.15) is 0 Å². The molecule has 1 nitrogen and oxygen atoms in total. The first-order valence-corrected chi connectivity index (χ1v) is 17.7. The van der Waals surface area contributed by atoms with Gasteiger partial charge in [-0.2, -0.15) is 0 Å². The van der Waals surface area contributed by atoms with E-state index >= 15 is 0 Å². The number of hydrogen-bond donors (Lipinski definition) is 0. The molecular formula is C48H43N. The minimum Gasteiger partial charge on any atom is -0.338 e. The van der Waals surface area contributed by atoms with E-state index in [-0.39, 0.29) is 0 Å². The van der Waals surface area contributed by atoms with Crippen molar-refractivity contribution in [1.82, 2.24) is 0 Å². The standard InChI is InChI=1S/C48H43N/c1-33-12-21-39(22-13-33)44(38-8-5-4-6-9-38)30-36-18-27-42(28-19-36)49-47-11-7-10-43(47)46-32-37(20-29-48(46)49)31-45(40-23-14-34(2)15-24-40)41-25-16-35(3)17-26-41/h4-6,8-9,12-32,43,47H,7,10-11H2,1-3H3/b44-30+. The molecule has 1 aliphatic heterocycles. The Morgan fingerprint density at radius 2 is 1.00 bits per heavy atom. The van der Waals surface area contributed by atoms with E-state index in [0.29, 0.717) is 12.0 Å². The molecular weight excluding hydrogens is 591 g/mol. The van der Waals surface area contributed by atoms with E-state index in [1.807, 2.05) is 0 Å². The third kappa shape index (κ3) is 6.30. The van der Waals surface area contributed by atoms with Crippen molar-refractivity contribution in [3.05, 3.63) is 201 Å². The summed E-state index contributed by atoms with van der Waals surface area (Å²) in [5.74, 6) is 0.566. The highest BCUT2D eigenvalue weighted by atomic mass is 15.2. The summed E-state index contributed by atoms with van der Waals surface area (Å²) in [7, 11) is 0. The second kappa shape index (κ2) is 13.2. The van der Waals surface area contributed by atoms with Crippen LogP contribution in [0.3, 0.4) is 0 Å². The number of fused-ring (bicyclic) bond motifs is 3. The van der Waals surface area contributed by atoms with Gasteiger partial charge in [-0.15, -0.1) is 0 Å². The topological polar surface area (TPSA) is 3.24 Å². The van der Waals surface area contributed by atoms with E-state index in [9.17, 15) is 0 Å². The van der Waals surface area contributed by atoms with E-state index in [2.05, 4.69) is 183 Å². The van der Waals surface area contributed by atoms with Crippen molar-refractivity contribution in [2.24, 2.45) is 0 Å². The molecule has 6 aromatic carbocycles. The second-order valence-electron chi connectivity index (χ2n) is 14.0. The molecule has 0 radical (unpaired) electrons. The van der Waals surface area contributed by atoms with Gasteiger partial charge in [-0.05, 0) is 120 Å². The summed E-state index contributed by atoms with van der Waals surface area (Å²) in [4.78, 5) is 2.63. The van der Waals surface area contributed by atoms with Gasteiger partial charge < -0.3 is 4.90 Å². The molecule has 240 valence electrons. The lowest BCUT2D eigenvalue weighted by Crippen LogP contribution is -2.26. The van der Waals surface area contributed by atoms with Gasteiger partial charge in [0.25, 0.3) is 0 Å². The SMILES string of the molecule is Cc1ccc(C(=Cc2ccc3c(c2)C2CCCC2N3c2ccc(/C=C(\c3ccccc3)c3ccc(C)cc3)cc2)c2ccc(C)cc2)cc1. The lowest BCUT2D eigenvalue weighted by Gasteiger charge is -2.27. The van der Waals surface area contributed by atoms with Crippen LogP contribution in [0.15, 0.2) is 146 Å². The summed E-state index contributed by atoms with van der Waals surface area (Å²) < 4.78 is 0. The zero-order chi connectivity index (χ0) is 33.3. The van der Waals surface area contributed by atoms with Crippen molar-refractivity contribution < 1.29 is 0 Å². The predicted octanol–water partition coefficient (Wildman–Crippen LogP) is 12.6. The average molecular weight is 634 g/mol. The quantitative estimate of drug-likeness (QED) is 0.158. The molecule has 0 aromatic heterocycles. The van der Waals surface area contributed by atoms with Crippen molar-refractivity contribution in [2.45, 2.75) is 52.0 Å². The molecule has 0 bridgehead atoms. The third-order valence-electron chi connectivity index (χ3n) is 10.5. The number of hydrogen-bond acceptors (Lipinski definition) is 1. The highest BCUT2D eigenvalue weighted by Crippen LogP contribution is 2.52. The van der Waals surface area contributed by atoms with Crippen LogP contribution in [-0.2, 0) is 0 Å². The van der Waals surface area contributed by atoms with Gasteiger partial charge in [0.15, 0.2) is 0 Å². The number of aryl methyl sites for hydroxylation is 3. The minimum atomic E-state index is 0.511. The van der Waals surface area contributed by atoms with Crippen LogP contribution in [-0.4, -0.2) is 6.04 Å². The third-order valence-corrected chi connectivity index (χ3v) is 10.5. The van der Waals surface area contributed by atoms with Gasteiger partial charge in [-0.3, -0.25) is 0 Å². The number of rotatable bonds is 7. The Bertz CT molecular complexity index is 2080. The Morgan fingerprint density at radius 3 is 1.55 bits per heavy atom. The van der Waals surface area contributed by atoms with Crippen molar-refractivity contribution in [2.75, 3.05) is 4.90 Å². The molecule has 6 aromatic rings. The van der Waals surface area contributed by atoms with Gasteiger partial charge in [0.2, 0.25) is 0 Å². The van der Waals surface area contributed by atoms with E-state index in [0.717, 1.165) is 0 Å². The molecule has 1 aliphatic carbocycles. The maximum atomic E-state index is 2.63. The highest BCUT2D eigenvalue weighted by Gasteiger charge is 2.42. The number of benzene rings is 6. The van der Waals surface area contributed by atoms with Gasteiger partial charge in [-0.25, -0.2) is 0 Å². The van der Waals surface area contributed by atoms with E-state index in [1.165, 1.54) is 97.4 Å². The van der Waals surface area contributed by atoms with Crippen LogP contribution in [0.5, 0.6) is 0 Å². The normalized spacial score (nSPS) is 16.7. The Labute approximate surface area is 291 Å². The van der Waals surface area contributed by atoms with Crippen LogP contribution in [0.4, 0.5) is 11.4 Å². The van der Waals surface area contributed by atoms with Crippen LogP contribution >= 0.6 is 0 Å². The first-order valence-electron chi connectivity index (χ1n) is 17.7. The van der Waals surface area contributed by atoms with Gasteiger partial charge in [0.05, 0.1) is 0 Å². The Morgan fingerprint density at radius 1 is 0.510 bits per heavy atom. The van der Waals surface area contributed by atoms with Crippen LogP contribution in [0.1, 0.15) is 80.8 Å². The Balaban J connectivity index is 1.14. The lowest BCUT2D eigenvalue weighted by atomic mass is 9.92. The second-order valence-corrected chi connectivity index (χ2v) is 14.0. The summed E-state index contributed by atoms with van der Waals surface area (Å²) >= 11 is 0. The molecule has 49 heavy (non-hydrogen) atoms. The summed E-state index contributed by atoms with van der Waals surface area (Å²) in [6.45, 7) is 6.45. The first-order chi connectivity index (χ1) is 24.0. The van der Waals surface area contributed by atoms with Crippen LogP contribution < -0.4 is 4.90 Å². The smallest absolute Gasteiger partial charge is 0.0450 e. The van der Waals surface area contributed by atoms with Crippen molar-refractivity contribution in [1.29, 1.82) is 0 Å². The average Bonchev–Trinajstić information content (AvgIpc) is 3.73. The van der Waals surface area contributed by atoms with E-state index in [1.54, 1.807) is 0 Å². The van der Waals surface area contributed by atoms with E-state index in [4.69, 9.17) is 0 Å². The fraction of sp³-hybridized carbons (Fsp3) is 0.167. The lowest BCUT2D eigenvalue weighted by molar-refractivity contribution is 0.642. The fourth-order valence-electron chi connectivity index (χ4n) is 7.85. The van der Waals surface area contributed by atoms with Crippen molar-refractivity contribution in [3.63, 3.8) is 0 Å². The molecule has 1 heteroatoms. The monoisotopic (exact) mass is 633 g/mol. The summed E-state index contributed by atoms with van der Waals surface area (Å²) in [5, 5.41) is 0. The molecule has 0 spiro atoms. The van der Waals surface area contributed by atoms with Gasteiger partial charge >= 0.3 is 0 Å². The van der Waals surface area contributed by atoms with Crippen molar-refractivity contribution in [3.8, 4) is 0 Å². The van der Waals surface area contributed by atoms with Crippen LogP contribution in [0, 0.1) is 20.8 Å². The molecule has 8 rings (SSSR count). The summed E-state index contributed by atoms with van der Waals surface area (Å²) in [5.41, 5.74) is 18.0. The molecule has 0 saturated heterocycles. The molecule has 0 N–H and O–H groups in total. The maximum absolute atomic E-state index is 2.63. The minimum absolute atomic E-state index is 0.511. The molecule has 0 amide bonds. The molecule has 2 atom stereocenters. The zero-order valence-corrected chi connectivity index (χ0v) is 28.7. The molecule has 2 unspecified atom stereocenters. The molecule has 1 saturated carbocycles. The molecule has 1 heterocycles. The number of nitrogens with zero attached hydrogens (tertiary/aromatic N) is 1. The zero-order valence-electron chi connectivity index (χ0n) is 28.7. The van der Waals surface area contributed by atoms with Gasteiger partial charge in [0, 0.05) is 23.3 Å². The van der Waals surface area contributed by atoms with Crippen LogP contribution in [0.25, 0.3) is 23.3 Å². The molecule has 1 fully saturated rings. The van der Waals surface area contributed by atoms with Crippen LogP contribution in [0.2, 0.25) is 0 Å². The van der Waals surface area contributed by atoms with Crippen molar-refractivity contribution >= 4 is 34.7 Å². The van der Waals surface area contributed by atoms with Gasteiger partial charge in [-0.1, -0.05) is 144 Å². The fourth-order valence-corrected chi connectivity index (χ4v) is 7.85. The maximum Gasteiger partial charge on any atom is 0.0450 e. The summed E-state index contributed by atoms with van der Waals surface area (Å²) in [6.07, 6.45) is 8.49. The highest BCUT2D eigenvalue weighted by molar-refractivity contribution is 5.93. The predicted molar refractivity (Wildman–Crippen MR) is 209 cm³/mol. The van der Waals surface area contributed by atoms with E-state index < -0.39 is 0 Å². The first kappa shape index (κ1) is 30.9. The largest absolute Gasteiger partial charge is 0.338 e. The number of anilines is 2. The Kier molecular flexibility index (Phi) is 8.35. The summed E-state index contributed by atoms with van der Waals surface area (Å²) in [6, 6.07) is 54.4. The Hall–Kier alpha value is -5.40. The molecule has 2 aliphatic rings.